The van der Waals surface area contributed by atoms with E-state index in [-0.39, 0.29) is 11.7 Å². The van der Waals surface area contributed by atoms with E-state index in [1.807, 2.05) is 11.5 Å². The minimum atomic E-state index is -0.668. The summed E-state index contributed by atoms with van der Waals surface area (Å²) in [6.07, 6.45) is 3.46. The number of thioether (sulfide) groups is 1. The lowest BCUT2D eigenvalue weighted by Crippen LogP contribution is -2.45. The number of aromatic nitrogens is 3. The molecular weight excluding hydrogens is 288 g/mol. The maximum Gasteiger partial charge on any atom is 0.231 e. The SMILES string of the molecule is Cc1nnc(SCC(=O)NC2(C#N)CCCC2)n1CCN. The lowest BCUT2D eigenvalue weighted by Gasteiger charge is -2.21. The molecule has 3 N–H and O–H groups in total. The molecule has 0 radical (unpaired) electrons. The Morgan fingerprint density at radius 1 is 1.52 bits per heavy atom. The number of carbonyl (C=O) groups is 1. The molecule has 0 unspecified atom stereocenters. The molecule has 1 aliphatic carbocycles. The summed E-state index contributed by atoms with van der Waals surface area (Å²) in [7, 11) is 0. The zero-order valence-electron chi connectivity index (χ0n) is 12.1. The third kappa shape index (κ3) is 3.74. The lowest BCUT2D eigenvalue weighted by atomic mass is 10.0. The van der Waals surface area contributed by atoms with E-state index in [4.69, 9.17) is 5.73 Å². The molecule has 1 amide bonds. The number of carbonyl (C=O) groups excluding carboxylic acids is 1. The fourth-order valence-corrected chi connectivity index (χ4v) is 3.34. The van der Waals surface area contributed by atoms with Gasteiger partial charge in [0, 0.05) is 13.1 Å². The topological polar surface area (TPSA) is 110 Å². The summed E-state index contributed by atoms with van der Waals surface area (Å²) < 4.78 is 1.90. The maximum absolute atomic E-state index is 12.0. The monoisotopic (exact) mass is 308 g/mol. The van der Waals surface area contributed by atoms with Crippen LogP contribution < -0.4 is 11.1 Å². The summed E-state index contributed by atoms with van der Waals surface area (Å²) in [6.45, 7) is 2.98. The van der Waals surface area contributed by atoms with E-state index in [0.29, 0.717) is 18.2 Å². The highest BCUT2D eigenvalue weighted by Gasteiger charge is 2.35. The van der Waals surface area contributed by atoms with E-state index in [2.05, 4.69) is 21.6 Å². The van der Waals surface area contributed by atoms with Gasteiger partial charge in [-0.1, -0.05) is 11.8 Å². The Morgan fingerprint density at radius 3 is 2.86 bits per heavy atom. The Morgan fingerprint density at radius 2 is 2.24 bits per heavy atom. The predicted molar refractivity (Wildman–Crippen MR) is 79.5 cm³/mol. The zero-order chi connectivity index (χ0) is 15.3. The van der Waals surface area contributed by atoms with Gasteiger partial charge in [-0.2, -0.15) is 5.26 Å². The third-order valence-electron chi connectivity index (χ3n) is 3.64. The van der Waals surface area contributed by atoms with Gasteiger partial charge in [-0.3, -0.25) is 4.79 Å². The second-order valence-electron chi connectivity index (χ2n) is 5.21. The molecule has 0 aliphatic heterocycles. The van der Waals surface area contributed by atoms with E-state index < -0.39 is 5.54 Å². The van der Waals surface area contributed by atoms with Crippen LogP contribution >= 0.6 is 11.8 Å². The minimum Gasteiger partial charge on any atom is -0.337 e. The Labute approximate surface area is 128 Å². The van der Waals surface area contributed by atoms with Crippen LogP contribution in [0, 0.1) is 18.3 Å². The summed E-state index contributed by atoms with van der Waals surface area (Å²) >= 11 is 1.32. The van der Waals surface area contributed by atoms with Crippen LogP contribution in [-0.2, 0) is 11.3 Å². The molecule has 1 heterocycles. The fourth-order valence-electron chi connectivity index (χ4n) is 2.53. The molecule has 0 aromatic carbocycles. The molecular formula is C13H20N6OS. The molecule has 7 nitrogen and oxygen atoms in total. The molecule has 0 atom stereocenters. The van der Waals surface area contributed by atoms with Crippen LogP contribution in [0.1, 0.15) is 31.5 Å². The highest BCUT2D eigenvalue weighted by molar-refractivity contribution is 7.99. The van der Waals surface area contributed by atoms with E-state index in [1.165, 1.54) is 11.8 Å². The highest BCUT2D eigenvalue weighted by Crippen LogP contribution is 2.29. The van der Waals surface area contributed by atoms with Gasteiger partial charge in [-0.15, -0.1) is 10.2 Å². The molecule has 0 saturated heterocycles. The van der Waals surface area contributed by atoms with Crippen LogP contribution in [0.2, 0.25) is 0 Å². The Balaban J connectivity index is 1.91. The van der Waals surface area contributed by atoms with E-state index in [0.717, 1.165) is 31.5 Å². The first-order chi connectivity index (χ1) is 10.1. The van der Waals surface area contributed by atoms with Crippen molar-refractivity contribution < 1.29 is 4.79 Å². The zero-order valence-corrected chi connectivity index (χ0v) is 12.9. The van der Waals surface area contributed by atoms with Gasteiger partial charge in [-0.25, -0.2) is 0 Å². The number of amides is 1. The van der Waals surface area contributed by atoms with Gasteiger partial charge in [0.05, 0.1) is 11.8 Å². The molecule has 1 fully saturated rings. The average molecular weight is 308 g/mol. The fraction of sp³-hybridized carbons (Fsp3) is 0.692. The molecule has 1 aromatic rings. The smallest absolute Gasteiger partial charge is 0.231 e. The van der Waals surface area contributed by atoms with Crippen LogP contribution in [0.25, 0.3) is 0 Å². The quantitative estimate of drug-likeness (QED) is 0.744. The van der Waals surface area contributed by atoms with Gasteiger partial charge < -0.3 is 15.6 Å². The van der Waals surface area contributed by atoms with Crippen molar-refractivity contribution >= 4 is 17.7 Å². The van der Waals surface area contributed by atoms with Crippen molar-refractivity contribution in [1.29, 1.82) is 5.26 Å². The first-order valence-corrected chi connectivity index (χ1v) is 8.04. The van der Waals surface area contributed by atoms with Crippen molar-refractivity contribution in [2.75, 3.05) is 12.3 Å². The van der Waals surface area contributed by atoms with Crippen molar-refractivity contribution in [3.05, 3.63) is 5.82 Å². The molecule has 1 saturated carbocycles. The van der Waals surface area contributed by atoms with Crippen molar-refractivity contribution in [1.82, 2.24) is 20.1 Å². The van der Waals surface area contributed by atoms with E-state index in [9.17, 15) is 10.1 Å². The largest absolute Gasteiger partial charge is 0.337 e. The van der Waals surface area contributed by atoms with Crippen LogP contribution in [0.3, 0.4) is 0 Å². The standard InChI is InChI=1S/C13H20N6OS/c1-10-17-18-12(19(10)7-6-14)21-8-11(20)16-13(9-15)4-2-3-5-13/h2-8,14H2,1H3,(H,16,20). The van der Waals surface area contributed by atoms with Crippen LogP contribution in [0.15, 0.2) is 5.16 Å². The molecule has 0 bridgehead atoms. The number of hydrogen-bond donors (Lipinski definition) is 2. The molecule has 8 heteroatoms. The molecule has 1 aliphatic rings. The van der Waals surface area contributed by atoms with Crippen molar-refractivity contribution in [3.63, 3.8) is 0 Å². The van der Waals surface area contributed by atoms with Gasteiger partial charge in [0.15, 0.2) is 5.16 Å². The number of nitriles is 1. The first kappa shape index (κ1) is 15.8. The molecule has 21 heavy (non-hydrogen) atoms. The predicted octanol–water partition coefficient (Wildman–Crippen LogP) is 0.590. The number of nitrogens with zero attached hydrogens (tertiary/aromatic N) is 4. The van der Waals surface area contributed by atoms with Gasteiger partial charge in [0.1, 0.15) is 11.4 Å². The highest BCUT2D eigenvalue weighted by atomic mass is 32.2. The summed E-state index contributed by atoms with van der Waals surface area (Å²) in [6, 6.07) is 2.25. The van der Waals surface area contributed by atoms with Crippen LogP contribution in [-0.4, -0.2) is 38.5 Å². The van der Waals surface area contributed by atoms with Crippen molar-refractivity contribution in [2.45, 2.75) is 49.8 Å². The molecule has 1 aromatic heterocycles. The second-order valence-corrected chi connectivity index (χ2v) is 6.15. The lowest BCUT2D eigenvalue weighted by molar-refractivity contribution is -0.119. The Kier molecular flexibility index (Phi) is 5.20. The minimum absolute atomic E-state index is 0.136. The number of nitrogens with one attached hydrogen (secondary N) is 1. The maximum atomic E-state index is 12.0. The molecule has 2 rings (SSSR count). The van der Waals surface area contributed by atoms with Crippen LogP contribution in [0.4, 0.5) is 0 Å². The van der Waals surface area contributed by atoms with E-state index >= 15 is 0 Å². The van der Waals surface area contributed by atoms with Crippen molar-refractivity contribution in [2.24, 2.45) is 5.73 Å². The normalized spacial score (nSPS) is 16.6. The number of hydrogen-bond acceptors (Lipinski definition) is 6. The number of nitrogens with two attached hydrogens (primary N) is 1. The Hall–Kier alpha value is -1.59. The van der Waals surface area contributed by atoms with Gasteiger partial charge in [0.25, 0.3) is 0 Å². The van der Waals surface area contributed by atoms with Crippen molar-refractivity contribution in [3.8, 4) is 6.07 Å². The van der Waals surface area contributed by atoms with Gasteiger partial charge in [0.2, 0.25) is 5.91 Å². The average Bonchev–Trinajstić information content (AvgIpc) is 3.06. The Bertz CT molecular complexity index is 543. The van der Waals surface area contributed by atoms with Gasteiger partial charge in [-0.05, 0) is 32.6 Å². The number of rotatable bonds is 6. The first-order valence-electron chi connectivity index (χ1n) is 7.05. The van der Waals surface area contributed by atoms with Crippen LogP contribution in [0.5, 0.6) is 0 Å². The number of aryl methyl sites for hydroxylation is 1. The summed E-state index contributed by atoms with van der Waals surface area (Å²) in [4.78, 5) is 12.0. The van der Waals surface area contributed by atoms with Gasteiger partial charge >= 0.3 is 0 Å². The van der Waals surface area contributed by atoms with E-state index in [1.54, 1.807) is 0 Å². The summed E-state index contributed by atoms with van der Waals surface area (Å²) in [5, 5.41) is 20.9. The summed E-state index contributed by atoms with van der Waals surface area (Å²) in [5.74, 6) is 0.877. The second kappa shape index (κ2) is 6.91. The summed E-state index contributed by atoms with van der Waals surface area (Å²) in [5.41, 5.74) is 4.89. The molecule has 114 valence electrons. The molecule has 0 spiro atoms. The third-order valence-corrected chi connectivity index (χ3v) is 4.60.